The highest BCUT2D eigenvalue weighted by molar-refractivity contribution is 9.10. The quantitative estimate of drug-likeness (QED) is 0.323. The number of rotatable bonds is 7. The third-order valence-electron chi connectivity index (χ3n) is 3.95. The van der Waals surface area contributed by atoms with Crippen molar-refractivity contribution in [3.63, 3.8) is 0 Å². The number of furan rings is 1. The van der Waals surface area contributed by atoms with Gasteiger partial charge in [0.15, 0.2) is 0 Å². The van der Waals surface area contributed by atoms with E-state index in [1.807, 2.05) is 24.3 Å². The Labute approximate surface area is 174 Å². The number of hydrogen-bond acceptors (Lipinski definition) is 6. The van der Waals surface area contributed by atoms with E-state index in [4.69, 9.17) is 9.15 Å². The van der Waals surface area contributed by atoms with E-state index < -0.39 is 4.92 Å². The molecule has 29 heavy (non-hydrogen) atoms. The number of nitro groups is 1. The monoisotopic (exact) mass is 457 g/mol. The van der Waals surface area contributed by atoms with E-state index in [1.165, 1.54) is 19.4 Å². The van der Waals surface area contributed by atoms with Crippen LogP contribution >= 0.6 is 15.9 Å². The molecule has 3 aromatic rings. The zero-order chi connectivity index (χ0) is 20.8. The van der Waals surface area contributed by atoms with Crippen molar-refractivity contribution in [2.24, 2.45) is 5.10 Å². The minimum Gasteiger partial charge on any atom is -0.497 e. The van der Waals surface area contributed by atoms with E-state index in [-0.39, 0.29) is 18.0 Å². The summed E-state index contributed by atoms with van der Waals surface area (Å²) in [7, 11) is 1.44. The van der Waals surface area contributed by atoms with Crippen molar-refractivity contribution in [1.82, 2.24) is 5.43 Å². The van der Waals surface area contributed by atoms with Crippen molar-refractivity contribution in [1.29, 1.82) is 0 Å². The van der Waals surface area contributed by atoms with Crippen LogP contribution in [0.2, 0.25) is 0 Å². The summed E-state index contributed by atoms with van der Waals surface area (Å²) in [5.74, 6) is 0.750. The summed E-state index contributed by atoms with van der Waals surface area (Å²) >= 11 is 3.34. The number of amides is 1. The lowest BCUT2D eigenvalue weighted by atomic mass is 10.1. The van der Waals surface area contributed by atoms with Gasteiger partial charge in [-0.15, -0.1) is 0 Å². The number of hydrogen-bond donors (Lipinski definition) is 1. The normalized spacial score (nSPS) is 10.8. The number of halogens is 1. The van der Waals surface area contributed by atoms with Gasteiger partial charge in [-0.1, -0.05) is 28.1 Å². The molecule has 8 nitrogen and oxygen atoms in total. The highest BCUT2D eigenvalue weighted by Gasteiger charge is 2.19. The maximum absolute atomic E-state index is 11.9. The standard InChI is InChI=1S/C20H16BrN3O5/c1-28-15-6-8-17(18(11-15)24(26)27)19-9-7-16(29-19)12-22-23-20(25)10-13-2-4-14(21)5-3-13/h2-9,11-12H,10H2,1H3,(H,23,25)/b22-12+. The van der Waals surface area contributed by atoms with E-state index in [9.17, 15) is 14.9 Å². The molecule has 2 aromatic carbocycles. The Bertz CT molecular complexity index is 1060. The molecule has 0 unspecified atom stereocenters. The molecule has 0 aliphatic rings. The van der Waals surface area contributed by atoms with Gasteiger partial charge in [0, 0.05) is 4.47 Å². The lowest BCUT2D eigenvalue weighted by Gasteiger charge is -2.03. The molecule has 0 radical (unpaired) electrons. The molecule has 0 atom stereocenters. The molecule has 9 heteroatoms. The molecular weight excluding hydrogens is 442 g/mol. The van der Waals surface area contributed by atoms with Crippen LogP contribution in [0.5, 0.6) is 5.75 Å². The molecule has 1 N–H and O–H groups in total. The van der Waals surface area contributed by atoms with Crippen LogP contribution < -0.4 is 10.2 Å². The van der Waals surface area contributed by atoms with E-state index >= 15 is 0 Å². The largest absolute Gasteiger partial charge is 0.497 e. The Morgan fingerprint density at radius 1 is 1.24 bits per heavy atom. The summed E-state index contributed by atoms with van der Waals surface area (Å²) in [5.41, 5.74) is 3.46. The first kappa shape index (κ1) is 20.3. The lowest BCUT2D eigenvalue weighted by molar-refractivity contribution is -0.384. The van der Waals surface area contributed by atoms with E-state index in [2.05, 4.69) is 26.5 Å². The van der Waals surface area contributed by atoms with Crippen LogP contribution in [0.4, 0.5) is 5.69 Å². The Hall–Kier alpha value is -3.46. The number of nitrogens with one attached hydrogen (secondary N) is 1. The second-order valence-electron chi connectivity index (χ2n) is 5.94. The predicted molar refractivity (Wildman–Crippen MR) is 111 cm³/mol. The molecule has 1 heterocycles. The summed E-state index contributed by atoms with van der Waals surface area (Å²) in [5, 5.41) is 15.2. The Kier molecular flexibility index (Phi) is 6.40. The van der Waals surface area contributed by atoms with Gasteiger partial charge in [0.1, 0.15) is 17.3 Å². The van der Waals surface area contributed by atoms with Crippen molar-refractivity contribution in [3.8, 4) is 17.1 Å². The fourth-order valence-corrected chi connectivity index (χ4v) is 2.82. The maximum atomic E-state index is 11.9. The van der Waals surface area contributed by atoms with Crippen LogP contribution in [0.15, 0.2) is 68.6 Å². The fourth-order valence-electron chi connectivity index (χ4n) is 2.56. The second kappa shape index (κ2) is 9.16. The smallest absolute Gasteiger partial charge is 0.284 e. The Balaban J connectivity index is 1.66. The van der Waals surface area contributed by atoms with E-state index in [0.29, 0.717) is 22.8 Å². The number of ether oxygens (including phenoxy) is 1. The van der Waals surface area contributed by atoms with Gasteiger partial charge in [0.2, 0.25) is 5.91 Å². The topological polar surface area (TPSA) is 107 Å². The molecule has 0 spiro atoms. The van der Waals surface area contributed by atoms with Crippen molar-refractivity contribution in [3.05, 3.63) is 80.5 Å². The molecule has 0 bridgehead atoms. The summed E-state index contributed by atoms with van der Waals surface area (Å²) < 4.78 is 11.6. The first-order chi connectivity index (χ1) is 14.0. The third-order valence-corrected chi connectivity index (χ3v) is 4.48. The molecule has 148 valence electrons. The van der Waals surface area contributed by atoms with Crippen LogP contribution in [0.25, 0.3) is 11.3 Å². The van der Waals surface area contributed by atoms with Crippen LogP contribution in [-0.4, -0.2) is 24.2 Å². The highest BCUT2D eigenvalue weighted by Crippen LogP contribution is 2.33. The first-order valence-electron chi connectivity index (χ1n) is 8.45. The van der Waals surface area contributed by atoms with Gasteiger partial charge in [-0.3, -0.25) is 14.9 Å². The van der Waals surface area contributed by atoms with Crippen molar-refractivity contribution < 1.29 is 18.9 Å². The molecule has 0 saturated carbocycles. The minimum atomic E-state index is -0.503. The van der Waals surface area contributed by atoms with Crippen LogP contribution in [-0.2, 0) is 11.2 Å². The maximum Gasteiger partial charge on any atom is 0.284 e. The average molecular weight is 458 g/mol. The molecular formula is C20H16BrN3O5. The summed E-state index contributed by atoms with van der Waals surface area (Å²) in [6.07, 6.45) is 1.52. The van der Waals surface area contributed by atoms with Gasteiger partial charge in [-0.25, -0.2) is 5.43 Å². The van der Waals surface area contributed by atoms with Crippen LogP contribution in [0.1, 0.15) is 11.3 Å². The predicted octanol–water partition coefficient (Wildman–Crippen LogP) is 4.32. The zero-order valence-electron chi connectivity index (χ0n) is 15.3. The summed E-state index contributed by atoms with van der Waals surface area (Å²) in [6, 6.07) is 15.1. The zero-order valence-corrected chi connectivity index (χ0v) is 16.9. The van der Waals surface area contributed by atoms with Crippen LogP contribution in [0, 0.1) is 10.1 Å². The number of nitrogens with zero attached hydrogens (tertiary/aromatic N) is 2. The van der Waals surface area contributed by atoms with Crippen molar-refractivity contribution >= 4 is 33.7 Å². The van der Waals surface area contributed by atoms with Crippen molar-refractivity contribution in [2.75, 3.05) is 7.11 Å². The van der Waals surface area contributed by atoms with Gasteiger partial charge in [0.25, 0.3) is 5.69 Å². The number of carbonyl (C=O) groups excluding carboxylic acids is 1. The van der Waals surface area contributed by atoms with Gasteiger partial charge >= 0.3 is 0 Å². The van der Waals surface area contributed by atoms with Gasteiger partial charge < -0.3 is 9.15 Å². The molecule has 3 rings (SSSR count). The van der Waals surface area contributed by atoms with Crippen LogP contribution in [0.3, 0.4) is 0 Å². The summed E-state index contributed by atoms with van der Waals surface area (Å²) in [6.45, 7) is 0. The Morgan fingerprint density at radius 3 is 2.69 bits per heavy atom. The number of hydrazone groups is 1. The molecule has 0 aliphatic carbocycles. The van der Waals surface area contributed by atoms with Gasteiger partial charge in [-0.05, 0) is 42.0 Å². The number of nitro benzene ring substituents is 1. The average Bonchev–Trinajstić information content (AvgIpc) is 3.18. The first-order valence-corrected chi connectivity index (χ1v) is 9.24. The van der Waals surface area contributed by atoms with E-state index in [0.717, 1.165) is 10.0 Å². The lowest BCUT2D eigenvalue weighted by Crippen LogP contribution is -2.19. The third kappa shape index (κ3) is 5.29. The number of carbonyl (C=O) groups is 1. The van der Waals surface area contributed by atoms with Crippen molar-refractivity contribution in [2.45, 2.75) is 6.42 Å². The molecule has 0 aliphatic heterocycles. The molecule has 1 aromatic heterocycles. The summed E-state index contributed by atoms with van der Waals surface area (Å²) in [4.78, 5) is 22.8. The number of methoxy groups -OCH3 is 1. The Morgan fingerprint density at radius 2 is 2.00 bits per heavy atom. The fraction of sp³-hybridized carbons (Fsp3) is 0.100. The second-order valence-corrected chi connectivity index (χ2v) is 6.85. The molecule has 0 fully saturated rings. The molecule has 0 saturated heterocycles. The minimum absolute atomic E-state index is 0.134. The number of benzene rings is 2. The highest BCUT2D eigenvalue weighted by atomic mass is 79.9. The molecule has 1 amide bonds. The SMILES string of the molecule is COc1ccc(-c2ccc(/C=N/NC(=O)Cc3ccc(Br)cc3)o2)c([N+](=O)[O-])c1. The van der Waals surface area contributed by atoms with Gasteiger partial charge in [-0.2, -0.15) is 5.10 Å². The van der Waals surface area contributed by atoms with Gasteiger partial charge in [0.05, 0.1) is 36.3 Å². The van der Waals surface area contributed by atoms with E-state index in [1.54, 1.807) is 24.3 Å².